The molecule has 24 heavy (non-hydrogen) atoms. The molecule has 1 saturated heterocycles. The Morgan fingerprint density at radius 2 is 2.17 bits per heavy atom. The highest BCUT2D eigenvalue weighted by Gasteiger charge is 2.24. The average Bonchev–Trinajstić information content (AvgIpc) is 3.10. The molecule has 2 aromatic heterocycles. The third kappa shape index (κ3) is 3.92. The summed E-state index contributed by atoms with van der Waals surface area (Å²) < 4.78 is 5.42. The topological polar surface area (TPSA) is 74.4 Å². The van der Waals surface area contributed by atoms with Crippen molar-refractivity contribution in [2.45, 2.75) is 13.0 Å². The minimum absolute atomic E-state index is 0.0994. The summed E-state index contributed by atoms with van der Waals surface area (Å²) in [4.78, 5) is 30.5. The van der Waals surface area contributed by atoms with Gasteiger partial charge in [-0.1, -0.05) is 6.07 Å². The molecule has 0 aliphatic carbocycles. The molecule has 1 fully saturated rings. The molecule has 1 amide bonds. The van der Waals surface area contributed by atoms with Crippen LogP contribution in [0.5, 0.6) is 0 Å². The first-order valence-corrected chi connectivity index (χ1v) is 8.86. The number of nitrogens with one attached hydrogen (secondary N) is 2. The highest BCUT2D eigenvalue weighted by molar-refractivity contribution is 7.10. The Morgan fingerprint density at radius 3 is 2.83 bits per heavy atom. The Morgan fingerprint density at radius 1 is 1.38 bits per heavy atom. The summed E-state index contributed by atoms with van der Waals surface area (Å²) in [6.45, 7) is 5.33. The van der Waals surface area contributed by atoms with Crippen molar-refractivity contribution in [3.8, 4) is 0 Å². The summed E-state index contributed by atoms with van der Waals surface area (Å²) in [5.74, 6) is -0.342. The van der Waals surface area contributed by atoms with E-state index in [9.17, 15) is 9.59 Å². The Kier molecular flexibility index (Phi) is 5.44. The molecule has 0 spiro atoms. The van der Waals surface area contributed by atoms with Crippen LogP contribution in [0.15, 0.2) is 34.4 Å². The summed E-state index contributed by atoms with van der Waals surface area (Å²) >= 11 is 1.68. The minimum atomic E-state index is -0.355. The molecule has 1 aliphatic heterocycles. The number of aromatic amines is 1. The van der Waals surface area contributed by atoms with Crippen LogP contribution in [0.1, 0.15) is 27.0 Å². The lowest BCUT2D eigenvalue weighted by Gasteiger charge is -2.34. The van der Waals surface area contributed by atoms with Crippen molar-refractivity contribution >= 4 is 17.2 Å². The highest BCUT2D eigenvalue weighted by atomic mass is 32.1. The van der Waals surface area contributed by atoms with Crippen LogP contribution < -0.4 is 10.9 Å². The number of carbonyl (C=O) groups is 1. The molecule has 2 N–H and O–H groups in total. The van der Waals surface area contributed by atoms with Gasteiger partial charge in [0.25, 0.3) is 11.5 Å². The van der Waals surface area contributed by atoms with Gasteiger partial charge in [0, 0.05) is 30.2 Å². The van der Waals surface area contributed by atoms with Crippen molar-refractivity contribution in [2.75, 3.05) is 32.8 Å². The van der Waals surface area contributed by atoms with Gasteiger partial charge >= 0.3 is 0 Å². The van der Waals surface area contributed by atoms with Crippen molar-refractivity contribution in [3.05, 3.63) is 56.1 Å². The Hall–Kier alpha value is -1.96. The molecule has 7 heteroatoms. The largest absolute Gasteiger partial charge is 0.379 e. The van der Waals surface area contributed by atoms with Gasteiger partial charge in [-0.15, -0.1) is 11.3 Å². The van der Waals surface area contributed by atoms with Crippen LogP contribution in [0, 0.1) is 6.92 Å². The molecule has 1 aliphatic rings. The van der Waals surface area contributed by atoms with Crippen LogP contribution in [0.2, 0.25) is 0 Å². The van der Waals surface area contributed by atoms with Crippen molar-refractivity contribution in [2.24, 2.45) is 0 Å². The van der Waals surface area contributed by atoms with Crippen LogP contribution in [0.4, 0.5) is 0 Å². The SMILES string of the molecule is Cc1ccc(C(=O)NC[C@H](c2cccs2)N2CCOCC2)c(=O)[nH]1. The standard InChI is InChI=1S/C17H21N3O3S/c1-12-4-5-13(17(22)19-12)16(21)18-11-14(15-3-2-10-24-15)20-6-8-23-9-7-20/h2-5,10,14H,6-9,11H2,1H3,(H,18,21)(H,19,22)/t14-/m1/s1. The van der Waals surface area contributed by atoms with Gasteiger partial charge < -0.3 is 15.0 Å². The third-order valence-corrected chi connectivity index (χ3v) is 5.09. The van der Waals surface area contributed by atoms with Crippen LogP contribution in [0.3, 0.4) is 0 Å². The monoisotopic (exact) mass is 347 g/mol. The predicted molar refractivity (Wildman–Crippen MR) is 93.6 cm³/mol. The second kappa shape index (κ2) is 7.74. The molecule has 3 heterocycles. The van der Waals surface area contributed by atoms with Crippen LogP contribution in [-0.4, -0.2) is 48.6 Å². The minimum Gasteiger partial charge on any atom is -0.379 e. The maximum absolute atomic E-state index is 12.4. The summed E-state index contributed by atoms with van der Waals surface area (Å²) in [6, 6.07) is 7.49. The van der Waals surface area contributed by atoms with Crippen LogP contribution >= 0.6 is 11.3 Å². The normalized spacial score (nSPS) is 16.7. The number of rotatable bonds is 5. The zero-order valence-corrected chi connectivity index (χ0v) is 14.4. The van der Waals surface area contributed by atoms with Gasteiger partial charge in [0.1, 0.15) is 5.56 Å². The van der Waals surface area contributed by atoms with E-state index < -0.39 is 0 Å². The maximum Gasteiger partial charge on any atom is 0.260 e. The first-order chi connectivity index (χ1) is 11.6. The molecular formula is C17H21N3O3S. The molecule has 0 aromatic carbocycles. The number of morpholine rings is 1. The van der Waals surface area contributed by atoms with E-state index in [2.05, 4.69) is 21.3 Å². The van der Waals surface area contributed by atoms with Gasteiger partial charge in [-0.25, -0.2) is 0 Å². The van der Waals surface area contributed by atoms with Crippen LogP contribution in [-0.2, 0) is 4.74 Å². The molecule has 0 saturated carbocycles. The van der Waals surface area contributed by atoms with Gasteiger partial charge in [0.15, 0.2) is 0 Å². The van der Waals surface area contributed by atoms with E-state index in [0.29, 0.717) is 19.8 Å². The van der Waals surface area contributed by atoms with Gasteiger partial charge in [-0.2, -0.15) is 0 Å². The number of hydrogen-bond acceptors (Lipinski definition) is 5. The van der Waals surface area contributed by atoms with Crippen molar-refractivity contribution in [3.63, 3.8) is 0 Å². The molecular weight excluding hydrogens is 326 g/mol. The maximum atomic E-state index is 12.4. The second-order valence-corrected chi connectivity index (χ2v) is 6.75. The third-order valence-electron chi connectivity index (χ3n) is 4.11. The highest BCUT2D eigenvalue weighted by Crippen LogP contribution is 2.25. The molecule has 0 radical (unpaired) electrons. The van der Waals surface area contributed by atoms with Crippen molar-refractivity contribution in [1.29, 1.82) is 0 Å². The van der Waals surface area contributed by atoms with Gasteiger partial charge in [-0.3, -0.25) is 14.5 Å². The zero-order valence-electron chi connectivity index (χ0n) is 13.6. The smallest absolute Gasteiger partial charge is 0.260 e. The fourth-order valence-corrected chi connectivity index (χ4v) is 3.68. The van der Waals surface area contributed by atoms with E-state index in [0.717, 1.165) is 18.8 Å². The van der Waals surface area contributed by atoms with E-state index in [-0.39, 0.29) is 23.1 Å². The van der Waals surface area contributed by atoms with Gasteiger partial charge in [-0.05, 0) is 30.5 Å². The van der Waals surface area contributed by atoms with E-state index in [4.69, 9.17) is 4.74 Å². The molecule has 0 unspecified atom stereocenters. The van der Waals surface area contributed by atoms with Gasteiger partial charge in [0.2, 0.25) is 0 Å². The number of ether oxygens (including phenoxy) is 1. The molecule has 3 rings (SSSR count). The first-order valence-electron chi connectivity index (χ1n) is 7.98. The lowest BCUT2D eigenvalue weighted by molar-refractivity contribution is 0.0169. The quantitative estimate of drug-likeness (QED) is 0.861. The number of amides is 1. The predicted octanol–water partition coefficient (Wildman–Crippen LogP) is 1.55. The molecule has 1 atom stereocenters. The van der Waals surface area contributed by atoms with E-state index >= 15 is 0 Å². The van der Waals surface area contributed by atoms with Crippen molar-refractivity contribution < 1.29 is 9.53 Å². The second-order valence-electron chi connectivity index (χ2n) is 5.77. The molecule has 6 nitrogen and oxygen atoms in total. The molecule has 0 bridgehead atoms. The lowest BCUT2D eigenvalue weighted by Crippen LogP contribution is -2.44. The Bertz CT molecular complexity index is 736. The summed E-state index contributed by atoms with van der Waals surface area (Å²) in [7, 11) is 0. The first kappa shape index (κ1) is 16.9. The van der Waals surface area contributed by atoms with Crippen LogP contribution in [0.25, 0.3) is 0 Å². The number of carbonyl (C=O) groups excluding carboxylic acids is 1. The molecule has 2 aromatic rings. The number of aromatic nitrogens is 1. The fraction of sp³-hybridized carbons (Fsp3) is 0.412. The number of pyridine rings is 1. The van der Waals surface area contributed by atoms with E-state index in [1.54, 1.807) is 30.4 Å². The van der Waals surface area contributed by atoms with E-state index in [1.807, 2.05) is 11.4 Å². The molecule has 128 valence electrons. The summed E-state index contributed by atoms with van der Waals surface area (Å²) in [5, 5.41) is 4.95. The Labute approximate surface area is 144 Å². The number of hydrogen-bond donors (Lipinski definition) is 2. The zero-order chi connectivity index (χ0) is 16.9. The van der Waals surface area contributed by atoms with Gasteiger partial charge in [0.05, 0.1) is 19.3 Å². The van der Waals surface area contributed by atoms with Crippen molar-refractivity contribution in [1.82, 2.24) is 15.2 Å². The number of nitrogens with zero attached hydrogens (tertiary/aromatic N) is 1. The number of thiophene rings is 1. The summed E-state index contributed by atoms with van der Waals surface area (Å²) in [5.41, 5.74) is 0.528. The van der Waals surface area contributed by atoms with E-state index in [1.165, 1.54) is 4.88 Å². The summed E-state index contributed by atoms with van der Waals surface area (Å²) in [6.07, 6.45) is 0. The number of aryl methyl sites for hydroxylation is 1. The number of H-pyrrole nitrogens is 1. The lowest BCUT2D eigenvalue weighted by atomic mass is 10.1. The fourth-order valence-electron chi connectivity index (χ4n) is 2.82. The Balaban J connectivity index is 1.71. The average molecular weight is 347 g/mol.